The average molecular weight is 649 g/mol. The van der Waals surface area contributed by atoms with Crippen LogP contribution in [0.2, 0.25) is 0 Å². The molecule has 0 atom stereocenters. The minimum absolute atomic E-state index is 0.0650. The maximum atomic E-state index is 13.9. The molecule has 0 aliphatic carbocycles. The second kappa shape index (κ2) is 17.1. The molecule has 0 amide bonds. The number of rotatable bonds is 11. The normalized spacial score (nSPS) is 10.4. The third kappa shape index (κ3) is 11.1. The maximum absolute atomic E-state index is 13.9. The van der Waals surface area contributed by atoms with Gasteiger partial charge in [0.25, 0.3) is 0 Å². The largest absolute Gasteiger partial charge is 0.488 e. The van der Waals surface area contributed by atoms with Crippen molar-refractivity contribution in [2.45, 2.75) is 25.6 Å². The van der Waals surface area contributed by atoms with E-state index in [-0.39, 0.29) is 31.1 Å². The third-order valence-electron chi connectivity index (χ3n) is 6.85. The van der Waals surface area contributed by atoms with Crippen molar-refractivity contribution < 1.29 is 37.0 Å². The molecule has 4 rings (SSSR count). The van der Waals surface area contributed by atoms with E-state index in [0.29, 0.717) is 24.0 Å². The number of hydrogen-bond donors (Lipinski definition) is 0. The van der Waals surface area contributed by atoms with Gasteiger partial charge in [-0.1, -0.05) is 73.2 Å². The molecular weight excluding hydrogens is 617 g/mol. The van der Waals surface area contributed by atoms with Crippen LogP contribution in [0, 0.1) is 23.7 Å². The zero-order valence-electron chi connectivity index (χ0n) is 25.9. The van der Waals surface area contributed by atoms with Crippen LogP contribution in [0.4, 0.5) is 13.2 Å². The molecular formula is C40H31F3O5. The molecule has 0 bridgehead atoms. The van der Waals surface area contributed by atoms with E-state index in [1.165, 1.54) is 12.1 Å². The lowest BCUT2D eigenvalue weighted by Gasteiger charge is -2.14. The highest BCUT2D eigenvalue weighted by Gasteiger charge is 2.34. The van der Waals surface area contributed by atoms with Gasteiger partial charge in [0.1, 0.15) is 12.4 Å². The molecule has 0 heterocycles. The fourth-order valence-corrected chi connectivity index (χ4v) is 4.26. The number of esters is 2. The highest BCUT2D eigenvalue weighted by atomic mass is 19.4. The molecule has 0 spiro atoms. The monoisotopic (exact) mass is 648 g/mol. The van der Waals surface area contributed by atoms with Crippen LogP contribution in [-0.2, 0) is 44.7 Å². The van der Waals surface area contributed by atoms with Gasteiger partial charge in [-0.2, -0.15) is 13.2 Å². The summed E-state index contributed by atoms with van der Waals surface area (Å²) in [5.41, 5.74) is 4.06. The number of hydrogen-bond acceptors (Lipinski definition) is 5. The van der Waals surface area contributed by atoms with E-state index in [2.05, 4.69) is 36.8 Å². The first-order chi connectivity index (χ1) is 23.1. The minimum Gasteiger partial charge on any atom is -0.488 e. The Morgan fingerprint density at radius 2 is 1.00 bits per heavy atom. The second-order valence-corrected chi connectivity index (χ2v) is 10.3. The van der Waals surface area contributed by atoms with E-state index in [0.717, 1.165) is 40.5 Å². The van der Waals surface area contributed by atoms with Crippen LogP contribution >= 0.6 is 0 Å². The molecule has 0 radical (unpaired) electrons. The van der Waals surface area contributed by atoms with Crippen molar-refractivity contribution in [1.82, 2.24) is 0 Å². The lowest BCUT2D eigenvalue weighted by Crippen LogP contribution is -2.09. The molecule has 5 nitrogen and oxygen atoms in total. The minimum atomic E-state index is -4.64. The standard InChI is InChI=1S/C40H31F3O5/c1-3-38(44)46-25-23-32-11-7-29(8-12-32)5-6-31-16-19-35(20-17-31)28-48-37-22-21-34(27-36(37)40(41,42)43)18-15-30-9-13-33(14-10-30)24-26-47-39(45)4-2/h3-4,7-14,16-17,19-22,27H,1-2,23-26,28H2. The second-order valence-electron chi connectivity index (χ2n) is 10.3. The van der Waals surface area contributed by atoms with Gasteiger partial charge in [0, 0.05) is 47.2 Å². The van der Waals surface area contributed by atoms with Crippen molar-refractivity contribution in [1.29, 1.82) is 0 Å². The van der Waals surface area contributed by atoms with Gasteiger partial charge in [-0.05, 0) is 71.3 Å². The van der Waals surface area contributed by atoms with Gasteiger partial charge in [0.05, 0.1) is 18.8 Å². The highest BCUT2D eigenvalue weighted by Crippen LogP contribution is 2.37. The molecule has 0 fully saturated rings. The zero-order chi connectivity index (χ0) is 34.4. The van der Waals surface area contributed by atoms with Crippen molar-refractivity contribution in [3.05, 3.63) is 161 Å². The smallest absolute Gasteiger partial charge is 0.420 e. The Morgan fingerprint density at radius 3 is 1.42 bits per heavy atom. The van der Waals surface area contributed by atoms with Crippen LogP contribution in [0.3, 0.4) is 0 Å². The molecule has 4 aromatic carbocycles. The van der Waals surface area contributed by atoms with E-state index >= 15 is 0 Å². The topological polar surface area (TPSA) is 61.8 Å². The first-order valence-electron chi connectivity index (χ1n) is 14.9. The van der Waals surface area contributed by atoms with Gasteiger partial charge in [0.15, 0.2) is 0 Å². The lowest BCUT2D eigenvalue weighted by atomic mass is 10.1. The summed E-state index contributed by atoms with van der Waals surface area (Å²) in [6, 6.07) is 25.5. The van der Waals surface area contributed by atoms with Gasteiger partial charge in [0.2, 0.25) is 0 Å². The molecule has 0 saturated heterocycles. The lowest BCUT2D eigenvalue weighted by molar-refractivity contribution is -0.139. The Hall–Kier alpha value is -5.99. The summed E-state index contributed by atoms with van der Waals surface area (Å²) < 4.78 is 57.3. The summed E-state index contributed by atoms with van der Waals surface area (Å²) in [4.78, 5) is 22.3. The first kappa shape index (κ1) is 34.9. The summed E-state index contributed by atoms with van der Waals surface area (Å²) in [6.45, 7) is 7.11. The van der Waals surface area contributed by atoms with E-state index < -0.39 is 23.7 Å². The fraction of sp³-hybridized carbons (Fsp3) is 0.150. The van der Waals surface area contributed by atoms with Crippen molar-refractivity contribution in [2.24, 2.45) is 0 Å². The van der Waals surface area contributed by atoms with Crippen LogP contribution in [-0.4, -0.2) is 25.2 Å². The molecule has 0 N–H and O–H groups in total. The van der Waals surface area contributed by atoms with Gasteiger partial charge >= 0.3 is 18.1 Å². The fourth-order valence-electron chi connectivity index (χ4n) is 4.26. The summed E-state index contributed by atoms with van der Waals surface area (Å²) >= 11 is 0. The Kier molecular flexibility index (Phi) is 12.4. The maximum Gasteiger partial charge on any atom is 0.420 e. The summed E-state index contributed by atoms with van der Waals surface area (Å²) in [7, 11) is 0. The first-order valence-corrected chi connectivity index (χ1v) is 14.9. The van der Waals surface area contributed by atoms with E-state index in [9.17, 15) is 22.8 Å². The van der Waals surface area contributed by atoms with Crippen molar-refractivity contribution in [2.75, 3.05) is 13.2 Å². The summed E-state index contributed by atoms with van der Waals surface area (Å²) in [6.07, 6.45) is -1.33. The van der Waals surface area contributed by atoms with Gasteiger partial charge in [-0.25, -0.2) is 9.59 Å². The number of carbonyl (C=O) groups is 2. The average Bonchev–Trinajstić information content (AvgIpc) is 3.10. The van der Waals surface area contributed by atoms with Crippen molar-refractivity contribution in [3.8, 4) is 29.4 Å². The molecule has 0 aliphatic rings. The van der Waals surface area contributed by atoms with Gasteiger partial charge in [-0.3, -0.25) is 0 Å². The number of ether oxygens (including phenoxy) is 3. The number of benzene rings is 4. The Balaban J connectivity index is 1.34. The molecule has 242 valence electrons. The SMILES string of the molecule is C=CC(=O)OCCc1ccc(C#Cc2ccc(COc3ccc(C#Cc4ccc(CCOC(=O)C=C)cc4)cc3C(F)(F)F)cc2)cc1. The van der Waals surface area contributed by atoms with Gasteiger partial charge in [-0.15, -0.1) is 0 Å². The number of alkyl halides is 3. The molecule has 0 aliphatic heterocycles. The van der Waals surface area contributed by atoms with Crippen LogP contribution in [0.5, 0.6) is 5.75 Å². The highest BCUT2D eigenvalue weighted by molar-refractivity contribution is 5.81. The quantitative estimate of drug-likeness (QED) is 0.0952. The molecule has 0 aromatic heterocycles. The van der Waals surface area contributed by atoms with E-state index in [1.54, 1.807) is 36.4 Å². The van der Waals surface area contributed by atoms with Crippen LogP contribution < -0.4 is 4.74 Å². The Labute approximate surface area is 277 Å². The third-order valence-corrected chi connectivity index (χ3v) is 6.85. The van der Waals surface area contributed by atoms with Crippen LogP contribution in [0.1, 0.15) is 44.5 Å². The molecule has 0 saturated carbocycles. The Morgan fingerprint density at radius 1 is 0.604 bits per heavy atom. The molecule has 48 heavy (non-hydrogen) atoms. The number of carbonyl (C=O) groups excluding carboxylic acids is 2. The van der Waals surface area contributed by atoms with Crippen molar-refractivity contribution >= 4 is 11.9 Å². The van der Waals surface area contributed by atoms with Crippen molar-refractivity contribution in [3.63, 3.8) is 0 Å². The van der Waals surface area contributed by atoms with E-state index in [4.69, 9.17) is 14.2 Å². The number of halogens is 3. The predicted molar refractivity (Wildman–Crippen MR) is 177 cm³/mol. The molecule has 0 unspecified atom stereocenters. The molecule has 8 heteroatoms. The van der Waals surface area contributed by atoms with Crippen LogP contribution in [0.15, 0.2) is 116 Å². The summed E-state index contributed by atoms with van der Waals surface area (Å²) in [5, 5.41) is 0. The molecule has 4 aromatic rings. The summed E-state index contributed by atoms with van der Waals surface area (Å²) in [5.74, 6) is 10.6. The zero-order valence-corrected chi connectivity index (χ0v) is 25.9. The van der Waals surface area contributed by atoms with E-state index in [1.807, 2.05) is 36.4 Å². The van der Waals surface area contributed by atoms with Gasteiger partial charge < -0.3 is 14.2 Å². The predicted octanol–water partition coefficient (Wildman–Crippen LogP) is 7.63. The Bertz CT molecular complexity index is 1870. The van der Waals surface area contributed by atoms with Crippen LogP contribution in [0.25, 0.3) is 0 Å².